The molecule has 0 amide bonds. The topological polar surface area (TPSA) is 0 Å². The van der Waals surface area contributed by atoms with E-state index in [0.29, 0.717) is 15.1 Å². The fourth-order valence-corrected chi connectivity index (χ4v) is 2.87. The van der Waals surface area contributed by atoms with Gasteiger partial charge in [-0.2, -0.15) is 0 Å². The van der Waals surface area contributed by atoms with Gasteiger partial charge in [0.15, 0.2) is 0 Å². The lowest BCUT2D eigenvalue weighted by molar-refractivity contribution is 0.611. The van der Waals surface area contributed by atoms with Gasteiger partial charge in [0.1, 0.15) is 5.82 Å². The molecular formula is C14H9Br2Cl2F. The lowest BCUT2D eigenvalue weighted by Gasteiger charge is -2.13. The van der Waals surface area contributed by atoms with E-state index in [9.17, 15) is 4.39 Å². The Hall–Kier alpha value is -0.0900. The maximum atomic E-state index is 14.0. The monoisotopic (exact) mass is 424 g/mol. The Labute approximate surface area is 138 Å². The fourth-order valence-electron chi connectivity index (χ4n) is 1.68. The van der Waals surface area contributed by atoms with Gasteiger partial charge in [-0.25, -0.2) is 4.39 Å². The molecule has 0 saturated heterocycles. The molecule has 0 fully saturated rings. The number of hydrogen-bond acceptors (Lipinski definition) is 0. The predicted octanol–water partition coefficient (Wildman–Crippen LogP) is 6.64. The standard InChI is InChI=1S/C14H9Br2Cl2F/c1-7-2-3-8(4-10(7)15)14(18)9-5-12(17)11(16)6-13(9)19/h2-6,14H,1H3. The third-order valence-corrected chi connectivity index (χ3v) is 5.34. The van der Waals surface area contributed by atoms with Crippen LogP contribution in [0, 0.1) is 12.7 Å². The van der Waals surface area contributed by atoms with Crippen LogP contribution in [0.15, 0.2) is 39.3 Å². The van der Waals surface area contributed by atoms with Crippen molar-refractivity contribution in [1.29, 1.82) is 0 Å². The zero-order chi connectivity index (χ0) is 14.2. The van der Waals surface area contributed by atoms with E-state index in [1.807, 2.05) is 25.1 Å². The average molecular weight is 427 g/mol. The molecule has 0 nitrogen and oxygen atoms in total. The van der Waals surface area contributed by atoms with Crippen molar-refractivity contribution in [3.63, 3.8) is 0 Å². The van der Waals surface area contributed by atoms with E-state index in [1.54, 1.807) is 6.07 Å². The van der Waals surface area contributed by atoms with Gasteiger partial charge in [-0.05, 0) is 52.2 Å². The second-order valence-corrected chi connectivity index (χ2v) is 6.71. The van der Waals surface area contributed by atoms with Crippen LogP contribution >= 0.6 is 55.1 Å². The maximum Gasteiger partial charge on any atom is 0.129 e. The summed E-state index contributed by atoms with van der Waals surface area (Å²) in [5, 5.41) is -0.143. The van der Waals surface area contributed by atoms with Crippen molar-refractivity contribution in [3.8, 4) is 0 Å². The van der Waals surface area contributed by atoms with Crippen LogP contribution < -0.4 is 0 Å². The van der Waals surface area contributed by atoms with Crippen molar-refractivity contribution in [2.75, 3.05) is 0 Å². The van der Waals surface area contributed by atoms with E-state index in [2.05, 4.69) is 31.9 Å². The zero-order valence-electron chi connectivity index (χ0n) is 9.85. The Bertz CT molecular complexity index is 629. The number of halogens is 5. The molecule has 0 radical (unpaired) electrons. The van der Waals surface area contributed by atoms with Gasteiger partial charge >= 0.3 is 0 Å². The molecule has 1 atom stereocenters. The summed E-state index contributed by atoms with van der Waals surface area (Å²) in [5.74, 6) is -0.382. The van der Waals surface area contributed by atoms with Gasteiger partial charge in [-0.3, -0.25) is 0 Å². The van der Waals surface area contributed by atoms with Gasteiger partial charge in [0, 0.05) is 14.5 Å². The van der Waals surface area contributed by atoms with Gasteiger partial charge < -0.3 is 0 Å². The highest BCUT2D eigenvalue weighted by Gasteiger charge is 2.18. The molecule has 1 unspecified atom stereocenters. The van der Waals surface area contributed by atoms with Crippen molar-refractivity contribution in [2.24, 2.45) is 0 Å². The lowest BCUT2D eigenvalue weighted by atomic mass is 10.0. The van der Waals surface area contributed by atoms with Crippen molar-refractivity contribution < 1.29 is 4.39 Å². The van der Waals surface area contributed by atoms with Gasteiger partial charge in [-0.15, -0.1) is 11.6 Å². The zero-order valence-corrected chi connectivity index (χ0v) is 14.5. The molecule has 0 spiro atoms. The third kappa shape index (κ3) is 3.33. The van der Waals surface area contributed by atoms with Crippen LogP contribution in [0.3, 0.4) is 0 Å². The Kier molecular flexibility index (Phi) is 4.93. The lowest BCUT2D eigenvalue weighted by Crippen LogP contribution is -1.98. The van der Waals surface area contributed by atoms with Crippen LogP contribution in [0.4, 0.5) is 4.39 Å². The molecule has 0 saturated carbocycles. The largest absolute Gasteiger partial charge is 0.207 e. The molecule has 100 valence electrons. The Morgan fingerprint density at radius 1 is 1.11 bits per heavy atom. The molecule has 2 aromatic rings. The normalized spacial score (nSPS) is 12.5. The first-order valence-electron chi connectivity index (χ1n) is 5.44. The first-order valence-corrected chi connectivity index (χ1v) is 7.84. The second-order valence-electron chi connectivity index (χ2n) is 4.16. The number of benzene rings is 2. The molecular weight excluding hydrogens is 418 g/mol. The fraction of sp³-hybridized carbons (Fsp3) is 0.143. The van der Waals surface area contributed by atoms with E-state index >= 15 is 0 Å². The van der Waals surface area contributed by atoms with Crippen molar-refractivity contribution in [1.82, 2.24) is 0 Å². The van der Waals surface area contributed by atoms with E-state index < -0.39 is 5.38 Å². The SMILES string of the molecule is Cc1ccc(C(Cl)c2cc(Cl)c(Br)cc2F)cc1Br. The van der Waals surface area contributed by atoms with E-state index in [-0.39, 0.29) is 5.82 Å². The summed E-state index contributed by atoms with van der Waals surface area (Å²) >= 11 is 19.0. The Morgan fingerprint density at radius 3 is 2.42 bits per heavy atom. The molecule has 2 rings (SSSR count). The summed E-state index contributed by atoms with van der Waals surface area (Å²) < 4.78 is 15.4. The minimum atomic E-state index is -0.581. The Balaban J connectivity index is 2.46. The summed E-state index contributed by atoms with van der Waals surface area (Å²) in [6, 6.07) is 8.59. The summed E-state index contributed by atoms with van der Waals surface area (Å²) in [6.45, 7) is 1.98. The maximum absolute atomic E-state index is 14.0. The third-order valence-electron chi connectivity index (χ3n) is 2.80. The number of aryl methyl sites for hydroxylation is 1. The molecule has 0 heterocycles. The van der Waals surface area contributed by atoms with Gasteiger partial charge in [0.2, 0.25) is 0 Å². The molecule has 0 aromatic heterocycles. The molecule has 0 aliphatic rings. The predicted molar refractivity (Wildman–Crippen MR) is 85.7 cm³/mol. The van der Waals surface area contributed by atoms with Crippen LogP contribution in [0.1, 0.15) is 22.1 Å². The van der Waals surface area contributed by atoms with Crippen LogP contribution in [0.2, 0.25) is 5.02 Å². The minimum absolute atomic E-state index is 0.366. The summed E-state index contributed by atoms with van der Waals surface area (Å²) in [4.78, 5) is 0. The first-order chi connectivity index (χ1) is 8.90. The van der Waals surface area contributed by atoms with Crippen LogP contribution in [-0.4, -0.2) is 0 Å². The molecule has 0 N–H and O–H groups in total. The van der Waals surface area contributed by atoms with Crippen molar-refractivity contribution >= 4 is 55.1 Å². The molecule has 0 aliphatic carbocycles. The van der Waals surface area contributed by atoms with Gasteiger partial charge in [0.05, 0.1) is 10.4 Å². The second kappa shape index (κ2) is 6.13. The van der Waals surface area contributed by atoms with Crippen molar-refractivity contribution in [2.45, 2.75) is 12.3 Å². The van der Waals surface area contributed by atoms with E-state index in [1.165, 1.54) is 6.07 Å². The quantitative estimate of drug-likeness (QED) is 0.373. The summed E-state index contributed by atoms with van der Waals surface area (Å²) in [7, 11) is 0. The van der Waals surface area contributed by atoms with Crippen LogP contribution in [-0.2, 0) is 0 Å². The molecule has 0 bridgehead atoms. The average Bonchev–Trinajstić information content (AvgIpc) is 2.36. The van der Waals surface area contributed by atoms with Crippen LogP contribution in [0.25, 0.3) is 0 Å². The molecule has 5 heteroatoms. The van der Waals surface area contributed by atoms with E-state index in [0.717, 1.165) is 15.6 Å². The number of hydrogen-bond donors (Lipinski definition) is 0. The molecule has 19 heavy (non-hydrogen) atoms. The van der Waals surface area contributed by atoms with Crippen LogP contribution in [0.5, 0.6) is 0 Å². The number of rotatable bonds is 2. The summed E-state index contributed by atoms with van der Waals surface area (Å²) in [6.07, 6.45) is 0. The van der Waals surface area contributed by atoms with Gasteiger partial charge in [-0.1, -0.05) is 39.7 Å². The highest BCUT2D eigenvalue weighted by molar-refractivity contribution is 9.10. The summed E-state index contributed by atoms with van der Waals surface area (Å²) in [5.41, 5.74) is 2.28. The molecule has 0 aliphatic heterocycles. The highest BCUT2D eigenvalue weighted by atomic mass is 79.9. The van der Waals surface area contributed by atoms with Gasteiger partial charge in [0.25, 0.3) is 0 Å². The van der Waals surface area contributed by atoms with Crippen molar-refractivity contribution in [3.05, 3.63) is 66.8 Å². The highest BCUT2D eigenvalue weighted by Crippen LogP contribution is 2.36. The first kappa shape index (κ1) is 15.3. The van der Waals surface area contributed by atoms with E-state index in [4.69, 9.17) is 23.2 Å². The minimum Gasteiger partial charge on any atom is -0.207 e. The molecule has 2 aromatic carbocycles. The Morgan fingerprint density at radius 2 is 1.79 bits per heavy atom. The number of alkyl halides is 1. The smallest absolute Gasteiger partial charge is 0.129 e.